The average molecular weight is 808 g/mol. The number of ether oxygens (including phenoxy) is 2. The van der Waals surface area contributed by atoms with Gasteiger partial charge in [0.2, 0.25) is 0 Å². The first-order valence-electron chi connectivity index (χ1n) is 19.4. The summed E-state index contributed by atoms with van der Waals surface area (Å²) in [4.78, 5) is 4.55. The SMILES string of the molecule is C.OCCCN1CCC[C@@]2(Cc3ccc(Cl)cc3)c3c(F)ccc(F)c3OC[C@@H]12.OCCCN1CCC[C@@]2(Cc3ccccc3)c3c(F)ccc(F)c3OC[C@@H]12.[B]. The third-order valence-electron chi connectivity index (χ3n) is 12.2. The lowest BCUT2D eigenvalue weighted by Gasteiger charge is -2.53. The second kappa shape index (κ2) is 19.4. The fourth-order valence-electron chi connectivity index (χ4n) is 9.85. The second-order valence-corrected chi connectivity index (χ2v) is 15.8. The van der Waals surface area contributed by atoms with E-state index in [0.29, 0.717) is 61.6 Å². The first kappa shape index (κ1) is 44.5. The number of aliphatic hydroxyl groups excluding tert-OH is 2. The Balaban J connectivity index is 0.000000210. The van der Waals surface area contributed by atoms with Gasteiger partial charge >= 0.3 is 0 Å². The van der Waals surface area contributed by atoms with Crippen LogP contribution in [0.4, 0.5) is 17.6 Å². The Morgan fingerprint density at radius 3 is 1.47 bits per heavy atom. The Morgan fingerprint density at radius 1 is 0.614 bits per heavy atom. The first-order valence-corrected chi connectivity index (χ1v) is 19.8. The number of rotatable bonds is 10. The zero-order valence-electron chi connectivity index (χ0n) is 31.5. The lowest BCUT2D eigenvalue weighted by atomic mass is 9.63. The van der Waals surface area contributed by atoms with Crippen LogP contribution >= 0.6 is 11.6 Å². The van der Waals surface area contributed by atoms with E-state index in [9.17, 15) is 19.0 Å². The van der Waals surface area contributed by atoms with Gasteiger partial charge in [0, 0.05) is 61.7 Å². The van der Waals surface area contributed by atoms with Crippen LogP contribution in [0.1, 0.15) is 68.2 Å². The molecule has 4 aliphatic rings. The number of aliphatic hydroxyl groups is 2. The van der Waals surface area contributed by atoms with Crippen LogP contribution in [0.15, 0.2) is 78.9 Å². The maximum atomic E-state index is 15.1. The zero-order chi connectivity index (χ0) is 38.6. The Morgan fingerprint density at radius 2 is 1.04 bits per heavy atom. The molecule has 4 aromatic rings. The number of nitrogens with zero attached hydrogens (tertiary/aromatic N) is 2. The summed E-state index contributed by atoms with van der Waals surface area (Å²) in [7, 11) is 0. The van der Waals surface area contributed by atoms with Crippen LogP contribution in [0.25, 0.3) is 0 Å². The molecule has 4 heterocycles. The van der Waals surface area contributed by atoms with Crippen molar-refractivity contribution in [2.75, 3.05) is 52.6 Å². The molecule has 0 aromatic heterocycles. The van der Waals surface area contributed by atoms with Crippen molar-refractivity contribution in [3.05, 3.63) is 129 Å². The third-order valence-corrected chi connectivity index (χ3v) is 12.4. The van der Waals surface area contributed by atoms with Crippen molar-refractivity contribution in [1.29, 1.82) is 0 Å². The topological polar surface area (TPSA) is 65.4 Å². The van der Waals surface area contributed by atoms with Crippen LogP contribution in [0, 0.1) is 23.3 Å². The molecule has 0 saturated carbocycles. The number of fused-ring (bicyclic) bond motifs is 6. The highest BCUT2D eigenvalue weighted by molar-refractivity contribution is 6.30. The van der Waals surface area contributed by atoms with Gasteiger partial charge in [0.15, 0.2) is 23.1 Å². The van der Waals surface area contributed by atoms with Crippen molar-refractivity contribution in [2.24, 2.45) is 0 Å². The lowest BCUT2D eigenvalue weighted by molar-refractivity contribution is 0.00667. The highest BCUT2D eigenvalue weighted by Crippen LogP contribution is 2.52. The van der Waals surface area contributed by atoms with Crippen molar-refractivity contribution in [1.82, 2.24) is 9.80 Å². The molecule has 0 bridgehead atoms. The van der Waals surface area contributed by atoms with E-state index in [-0.39, 0.29) is 52.6 Å². The van der Waals surface area contributed by atoms with Crippen molar-refractivity contribution < 1.29 is 37.2 Å². The van der Waals surface area contributed by atoms with Crippen molar-refractivity contribution >= 4 is 20.0 Å². The van der Waals surface area contributed by atoms with Crippen LogP contribution in [0.2, 0.25) is 5.02 Å². The zero-order valence-corrected chi connectivity index (χ0v) is 32.3. The van der Waals surface area contributed by atoms with E-state index in [1.54, 1.807) is 0 Å². The van der Waals surface area contributed by atoms with Gasteiger partial charge in [0.05, 0.1) is 12.1 Å². The van der Waals surface area contributed by atoms with Gasteiger partial charge in [-0.15, -0.1) is 0 Å². The number of benzene rings is 4. The van der Waals surface area contributed by atoms with E-state index >= 15 is 8.78 Å². The van der Waals surface area contributed by atoms with Crippen LogP contribution in [-0.2, 0) is 23.7 Å². The minimum Gasteiger partial charge on any atom is -0.488 e. The second-order valence-electron chi connectivity index (χ2n) is 15.3. The molecule has 0 spiro atoms. The monoisotopic (exact) mass is 807 g/mol. The number of halogens is 5. The number of hydrogen-bond donors (Lipinski definition) is 2. The maximum Gasteiger partial charge on any atom is 0.165 e. The molecule has 0 amide bonds. The molecule has 8 rings (SSSR count). The molecule has 2 fully saturated rings. The molecular weight excluding hydrogens is 755 g/mol. The Bertz CT molecular complexity index is 1930. The molecule has 4 aliphatic heterocycles. The van der Waals surface area contributed by atoms with Crippen molar-refractivity contribution in [2.45, 2.75) is 81.7 Å². The number of likely N-dealkylation sites (tertiary alicyclic amines) is 2. The van der Waals surface area contributed by atoms with Crippen LogP contribution in [0.5, 0.6) is 11.5 Å². The third kappa shape index (κ3) is 8.88. The molecule has 4 aromatic carbocycles. The van der Waals surface area contributed by atoms with Gasteiger partial charge < -0.3 is 19.7 Å². The van der Waals surface area contributed by atoms with E-state index < -0.39 is 34.1 Å². The number of hydrogen-bond acceptors (Lipinski definition) is 6. The number of piperidine rings is 2. The van der Waals surface area contributed by atoms with Gasteiger partial charge in [0.25, 0.3) is 0 Å². The van der Waals surface area contributed by atoms with Crippen LogP contribution < -0.4 is 9.47 Å². The minimum atomic E-state index is -0.582. The molecule has 3 radical (unpaired) electrons. The predicted octanol–water partition coefficient (Wildman–Crippen LogP) is 8.28. The van der Waals surface area contributed by atoms with E-state index in [0.717, 1.165) is 68.6 Å². The largest absolute Gasteiger partial charge is 0.488 e. The van der Waals surface area contributed by atoms with Gasteiger partial charge in [-0.25, -0.2) is 17.6 Å². The fraction of sp³-hybridized carbons (Fsp3) is 0.467. The summed E-state index contributed by atoms with van der Waals surface area (Å²) >= 11 is 6.04. The van der Waals surface area contributed by atoms with Gasteiger partial charge in [-0.05, 0) is 112 Å². The smallest absolute Gasteiger partial charge is 0.165 e. The van der Waals surface area contributed by atoms with Crippen LogP contribution in [0.3, 0.4) is 0 Å². The molecule has 2 saturated heterocycles. The molecule has 2 N–H and O–H groups in total. The molecule has 0 unspecified atom stereocenters. The van der Waals surface area contributed by atoms with Crippen molar-refractivity contribution in [3.63, 3.8) is 0 Å². The summed E-state index contributed by atoms with van der Waals surface area (Å²) in [6, 6.07) is 22.2. The van der Waals surface area contributed by atoms with Gasteiger partial charge in [-0.2, -0.15) is 0 Å². The molecule has 305 valence electrons. The molecule has 0 aliphatic carbocycles. The summed E-state index contributed by atoms with van der Waals surface area (Å²) in [5, 5.41) is 19.2. The van der Waals surface area contributed by atoms with Crippen molar-refractivity contribution in [3.8, 4) is 11.5 Å². The highest BCUT2D eigenvalue weighted by atomic mass is 35.5. The van der Waals surface area contributed by atoms with E-state index in [1.165, 1.54) is 12.1 Å². The van der Waals surface area contributed by atoms with Gasteiger partial charge in [0.1, 0.15) is 24.8 Å². The van der Waals surface area contributed by atoms with E-state index in [1.807, 2.05) is 54.6 Å². The maximum absolute atomic E-state index is 15.1. The van der Waals surface area contributed by atoms with Crippen LogP contribution in [-0.4, -0.2) is 93.1 Å². The highest BCUT2D eigenvalue weighted by Gasteiger charge is 2.53. The molecule has 12 heteroatoms. The summed E-state index contributed by atoms with van der Waals surface area (Å²) in [5.74, 6) is -1.70. The summed E-state index contributed by atoms with van der Waals surface area (Å²) in [5.41, 5.74) is 1.78. The van der Waals surface area contributed by atoms with E-state index in [2.05, 4.69) is 9.80 Å². The first-order chi connectivity index (χ1) is 26.7. The Hall–Kier alpha value is -3.61. The van der Waals surface area contributed by atoms with E-state index in [4.69, 9.17) is 21.1 Å². The standard InChI is InChI=1S/C22H24ClF2NO2.C22H25F2NO2.CH4.B/c23-16-5-3-15(4-6-16)13-22-9-1-10-26(11-2-12-27)19(22)14-28-21-18(25)8-7-17(24)20(21)22;23-17-8-9-18(24)21-20(17)22(14-16-6-2-1-3-7-16)10-4-11-25(12-5-13-26)19(22)15-27-21;;/h3-8,19,27H,1-2,9-14H2;1-3,6-9,19,26H,4-5,10-15H2;1H4;/t2*19-,22+;;/m11../s1. The normalized spacial score (nSPS) is 23.7. The average Bonchev–Trinajstić information content (AvgIpc) is 3.19. The fourth-order valence-corrected chi connectivity index (χ4v) is 9.98. The van der Waals surface area contributed by atoms with Gasteiger partial charge in [-0.3, -0.25) is 9.80 Å². The molecule has 57 heavy (non-hydrogen) atoms. The summed E-state index contributed by atoms with van der Waals surface area (Å²) in [6.07, 6.45) is 5.87. The lowest BCUT2D eigenvalue weighted by Crippen LogP contribution is -2.61. The minimum absolute atomic E-state index is 0. The Kier molecular flexibility index (Phi) is 15.2. The van der Waals surface area contributed by atoms with Gasteiger partial charge in [-0.1, -0.05) is 61.5 Å². The molecular formula is C45H53BClF4N2O4. The molecule has 4 atom stereocenters. The predicted molar refractivity (Wildman–Crippen MR) is 217 cm³/mol. The molecule has 6 nitrogen and oxygen atoms in total. The Labute approximate surface area is 341 Å². The summed E-state index contributed by atoms with van der Waals surface area (Å²) < 4.78 is 70.6. The summed E-state index contributed by atoms with van der Waals surface area (Å²) in [6.45, 7) is 4.06. The quantitative estimate of drug-likeness (QED) is 0.124.